The Bertz CT molecular complexity index is 1220. The Hall–Kier alpha value is -1.40. The first-order valence-electron chi connectivity index (χ1n) is 6.32. The minimum absolute atomic E-state index is 0. The van der Waals surface area contributed by atoms with E-state index in [0.29, 0.717) is 10.8 Å². The largest absolute Gasteiger partial charge is 0.299 e. The molecule has 0 spiro atoms. The summed E-state index contributed by atoms with van der Waals surface area (Å²) in [4.78, 5) is 21.2. The van der Waals surface area contributed by atoms with Crippen LogP contribution in [-0.4, -0.2) is 67.1 Å². The fraction of sp³-hybridized carbons (Fsp3) is 0. The molecule has 25 heavy (non-hydrogen) atoms. The van der Waals surface area contributed by atoms with E-state index in [9.17, 15) is 31.0 Å². The van der Waals surface area contributed by atoms with E-state index in [-0.39, 0.29) is 46.1 Å². The van der Waals surface area contributed by atoms with Gasteiger partial charge in [0.1, 0.15) is 4.91 Å². The SMILES string of the molecule is O=C1C=Cc2cc3c(cc2=C1)C=C(S(=O)(=O)O)C(=O)C=3S(=O)(=O)O.[Na]. The molecular formula is C14H8NaO8S2. The van der Waals surface area contributed by atoms with E-state index in [0.717, 1.165) is 6.08 Å². The topological polar surface area (TPSA) is 143 Å². The summed E-state index contributed by atoms with van der Waals surface area (Å²) in [6.07, 6.45) is 4.65. The fourth-order valence-electron chi connectivity index (χ4n) is 2.50. The molecule has 0 saturated carbocycles. The van der Waals surface area contributed by atoms with Gasteiger partial charge in [-0.25, -0.2) is 0 Å². The zero-order chi connectivity index (χ0) is 17.9. The Kier molecular flexibility index (Phi) is 5.10. The van der Waals surface area contributed by atoms with Gasteiger partial charge < -0.3 is 0 Å². The molecule has 3 rings (SSSR count). The van der Waals surface area contributed by atoms with Crippen molar-refractivity contribution in [3.8, 4) is 0 Å². The van der Waals surface area contributed by atoms with E-state index in [1.165, 1.54) is 30.4 Å². The molecular weight excluding hydrogens is 383 g/mol. The predicted molar refractivity (Wildman–Crippen MR) is 89.4 cm³/mol. The normalized spacial score (nSPS) is 16.4. The van der Waals surface area contributed by atoms with Crippen LogP contribution in [0.15, 0.2) is 23.1 Å². The smallest absolute Gasteiger partial charge is 0.290 e. The summed E-state index contributed by atoms with van der Waals surface area (Å²) in [6, 6.07) is 2.53. The van der Waals surface area contributed by atoms with E-state index in [1.54, 1.807) is 0 Å². The maximum atomic E-state index is 12.1. The summed E-state index contributed by atoms with van der Waals surface area (Å²) >= 11 is 0. The molecule has 2 N–H and O–H groups in total. The summed E-state index contributed by atoms with van der Waals surface area (Å²) in [5, 5.41) is 0.150. The second-order valence-corrected chi connectivity index (χ2v) is 7.81. The average Bonchev–Trinajstić information content (AvgIpc) is 2.42. The molecule has 1 radical (unpaired) electrons. The predicted octanol–water partition coefficient (Wildman–Crippen LogP) is -1.51. The summed E-state index contributed by atoms with van der Waals surface area (Å²) in [6.45, 7) is 0. The molecule has 0 aliphatic heterocycles. The summed E-state index contributed by atoms with van der Waals surface area (Å²) in [7, 11) is -10.1. The summed E-state index contributed by atoms with van der Waals surface area (Å²) < 4.78 is 64.2. The number of Topliss-reactive ketones (excluding diaryl/α,β-unsaturated/α-hetero) is 1. The van der Waals surface area contributed by atoms with Gasteiger partial charge in [0.2, 0.25) is 5.78 Å². The van der Waals surface area contributed by atoms with Crippen molar-refractivity contribution < 1.29 is 35.5 Å². The van der Waals surface area contributed by atoms with Gasteiger partial charge in [-0.15, -0.1) is 0 Å². The van der Waals surface area contributed by atoms with Crippen molar-refractivity contribution in [1.82, 2.24) is 0 Å². The molecule has 1 aromatic rings. The number of hydrogen-bond acceptors (Lipinski definition) is 6. The van der Waals surface area contributed by atoms with Crippen molar-refractivity contribution in [3.05, 3.63) is 44.7 Å². The van der Waals surface area contributed by atoms with Gasteiger partial charge in [0.15, 0.2) is 10.7 Å². The Balaban J connectivity index is 0.00000225. The molecule has 0 atom stereocenters. The Morgan fingerprint density at radius 3 is 2.00 bits per heavy atom. The van der Waals surface area contributed by atoms with E-state index in [4.69, 9.17) is 4.55 Å². The van der Waals surface area contributed by atoms with Crippen LogP contribution in [0.2, 0.25) is 0 Å². The number of ketones is 2. The van der Waals surface area contributed by atoms with Crippen molar-refractivity contribution in [2.45, 2.75) is 0 Å². The molecule has 0 aromatic heterocycles. The average molecular weight is 391 g/mol. The van der Waals surface area contributed by atoms with Gasteiger partial charge in [-0.05, 0) is 46.7 Å². The number of rotatable bonds is 2. The van der Waals surface area contributed by atoms with E-state index < -0.39 is 35.8 Å². The molecule has 0 heterocycles. The third-order valence-electron chi connectivity index (χ3n) is 3.48. The minimum atomic E-state index is -5.07. The van der Waals surface area contributed by atoms with E-state index >= 15 is 0 Å². The number of allylic oxidation sites excluding steroid dienone is 2. The van der Waals surface area contributed by atoms with Crippen LogP contribution in [-0.2, 0) is 29.8 Å². The van der Waals surface area contributed by atoms with Crippen LogP contribution in [0.4, 0.5) is 0 Å². The first-order valence-corrected chi connectivity index (χ1v) is 9.20. The quantitative estimate of drug-likeness (QED) is 0.458. The van der Waals surface area contributed by atoms with Crippen LogP contribution < -0.4 is 10.4 Å². The van der Waals surface area contributed by atoms with Crippen LogP contribution in [0.25, 0.3) is 23.1 Å². The van der Waals surface area contributed by atoms with Gasteiger partial charge in [0.25, 0.3) is 20.2 Å². The number of benzene rings is 1. The van der Waals surface area contributed by atoms with Crippen molar-refractivity contribution in [2.24, 2.45) is 0 Å². The first-order chi connectivity index (χ1) is 11.0. The Morgan fingerprint density at radius 2 is 1.44 bits per heavy atom. The zero-order valence-corrected chi connectivity index (χ0v) is 16.3. The molecule has 8 nitrogen and oxygen atoms in total. The number of carbonyl (C=O) groups is 2. The van der Waals surface area contributed by atoms with Crippen molar-refractivity contribution >= 4 is 84.5 Å². The van der Waals surface area contributed by atoms with Gasteiger partial charge >= 0.3 is 0 Å². The minimum Gasteiger partial charge on any atom is -0.290 e. The number of hydrogen-bond donors (Lipinski definition) is 2. The second-order valence-electron chi connectivity index (χ2n) is 5.07. The van der Waals surface area contributed by atoms with Gasteiger partial charge in [-0.2, -0.15) is 16.8 Å². The molecule has 1 aromatic carbocycles. The molecule has 0 amide bonds. The summed E-state index contributed by atoms with van der Waals surface area (Å²) in [5.41, 5.74) is 0.360. The van der Waals surface area contributed by atoms with Gasteiger partial charge in [-0.3, -0.25) is 18.7 Å². The van der Waals surface area contributed by atoms with Crippen molar-refractivity contribution in [1.29, 1.82) is 0 Å². The van der Waals surface area contributed by atoms with Gasteiger partial charge in [0, 0.05) is 34.8 Å². The van der Waals surface area contributed by atoms with Crippen molar-refractivity contribution in [3.63, 3.8) is 0 Å². The van der Waals surface area contributed by atoms with Gasteiger partial charge in [0.05, 0.1) is 0 Å². The standard InChI is InChI=1S/C14H8O8S2.Na/c15-10-2-1-7-5-11-9(3-8(7)4-10)6-12(23(17,18)19)13(16)14(11)24(20,21)22;/h1-6H,(H,17,18,19)(H,20,21,22);. The number of fused-ring (bicyclic) bond motifs is 2. The molecule has 0 bridgehead atoms. The van der Waals surface area contributed by atoms with E-state index in [1.807, 2.05) is 0 Å². The van der Waals surface area contributed by atoms with Gasteiger partial charge in [-0.1, -0.05) is 6.08 Å². The third-order valence-corrected chi connectivity index (χ3v) is 5.26. The third kappa shape index (κ3) is 3.60. The molecule has 0 saturated heterocycles. The monoisotopic (exact) mass is 391 g/mol. The summed E-state index contributed by atoms with van der Waals surface area (Å²) in [5.74, 6) is -1.86. The zero-order valence-electron chi connectivity index (χ0n) is 12.6. The van der Waals surface area contributed by atoms with E-state index in [2.05, 4.69) is 0 Å². The molecule has 125 valence electrons. The Labute approximate surface area is 164 Å². The van der Waals surface area contributed by atoms with Crippen LogP contribution in [0, 0.1) is 0 Å². The molecule has 2 aliphatic rings. The molecule has 0 unspecified atom stereocenters. The van der Waals surface area contributed by atoms with Crippen molar-refractivity contribution in [2.75, 3.05) is 0 Å². The fourth-order valence-corrected chi connectivity index (χ4v) is 3.97. The molecule has 11 heteroatoms. The maximum absolute atomic E-state index is 12.1. The van der Waals surface area contributed by atoms with Crippen LogP contribution >= 0.6 is 0 Å². The Morgan fingerprint density at radius 1 is 0.800 bits per heavy atom. The molecule has 2 aliphatic carbocycles. The maximum Gasteiger partial charge on any atom is 0.299 e. The number of carbonyl (C=O) groups excluding carboxylic acids is 2. The van der Waals surface area contributed by atoms with Crippen LogP contribution in [0.5, 0.6) is 0 Å². The second kappa shape index (κ2) is 6.40. The van der Waals surface area contributed by atoms with Crippen LogP contribution in [0.3, 0.4) is 0 Å². The molecule has 0 fully saturated rings. The van der Waals surface area contributed by atoms with Crippen LogP contribution in [0.1, 0.15) is 11.1 Å². The first kappa shape index (κ1) is 19.9.